The highest BCUT2D eigenvalue weighted by molar-refractivity contribution is 9.11. The summed E-state index contributed by atoms with van der Waals surface area (Å²) in [5.41, 5.74) is 2.53. The normalized spacial score (nSPS) is 19.0. The number of hydrogen-bond donors (Lipinski definition) is 0. The predicted molar refractivity (Wildman–Crippen MR) is 110 cm³/mol. The van der Waals surface area contributed by atoms with Crippen molar-refractivity contribution in [2.75, 3.05) is 13.1 Å². The highest BCUT2D eigenvalue weighted by Gasteiger charge is 2.43. The molecule has 1 unspecified atom stereocenters. The fourth-order valence-electron chi connectivity index (χ4n) is 3.65. The van der Waals surface area contributed by atoms with Gasteiger partial charge in [0.15, 0.2) is 0 Å². The summed E-state index contributed by atoms with van der Waals surface area (Å²) in [6.07, 6.45) is 0.979. The average Bonchev–Trinajstić information content (AvgIpc) is 3.11. The van der Waals surface area contributed by atoms with Gasteiger partial charge in [0.2, 0.25) is 0 Å². The molecule has 1 amide bonds. The number of aryl methyl sites for hydroxylation is 1. The second kappa shape index (κ2) is 7.39. The molecule has 6 nitrogen and oxygen atoms in total. The Morgan fingerprint density at radius 3 is 2.59 bits per heavy atom. The molecule has 1 aliphatic heterocycles. The van der Waals surface area contributed by atoms with Crippen LogP contribution in [0.3, 0.4) is 0 Å². The summed E-state index contributed by atoms with van der Waals surface area (Å²) in [4.78, 5) is 22.6. The number of alkyl halides is 2. The van der Waals surface area contributed by atoms with E-state index in [4.69, 9.17) is 0 Å². The lowest BCUT2D eigenvalue weighted by atomic mass is 9.91. The quantitative estimate of drug-likeness (QED) is 0.490. The zero-order chi connectivity index (χ0) is 20.9. The van der Waals surface area contributed by atoms with Crippen LogP contribution in [0.4, 0.5) is 8.78 Å². The maximum Gasteiger partial charge on any atom is 0.266 e. The van der Waals surface area contributed by atoms with Crippen molar-refractivity contribution in [2.24, 2.45) is 0 Å². The van der Waals surface area contributed by atoms with Crippen molar-refractivity contribution < 1.29 is 13.6 Å². The van der Waals surface area contributed by atoms with Crippen molar-refractivity contribution in [3.8, 4) is 0 Å². The van der Waals surface area contributed by atoms with Crippen LogP contribution in [-0.4, -0.2) is 49.4 Å². The predicted octanol–water partition coefficient (Wildman–Crippen LogP) is 4.53. The molecule has 1 saturated heterocycles. The number of aromatic nitrogens is 4. The molecule has 1 aromatic carbocycles. The molecule has 0 N–H and O–H groups in total. The van der Waals surface area contributed by atoms with Crippen molar-refractivity contribution in [3.05, 3.63) is 56.0 Å². The molecule has 10 heteroatoms. The van der Waals surface area contributed by atoms with Crippen molar-refractivity contribution in [1.29, 1.82) is 0 Å². The van der Waals surface area contributed by atoms with Crippen LogP contribution in [0, 0.1) is 13.8 Å². The van der Waals surface area contributed by atoms with Crippen LogP contribution in [0.2, 0.25) is 0 Å². The monoisotopic (exact) mass is 527 g/mol. The van der Waals surface area contributed by atoms with Crippen LogP contribution in [0.15, 0.2) is 33.5 Å². The number of carbonyl (C=O) groups excluding carboxylic acids is 1. The van der Waals surface area contributed by atoms with Gasteiger partial charge in [0.25, 0.3) is 17.6 Å². The summed E-state index contributed by atoms with van der Waals surface area (Å²) in [5, 5.41) is 4.13. The molecule has 0 bridgehead atoms. The van der Waals surface area contributed by atoms with Crippen molar-refractivity contribution in [3.63, 3.8) is 0 Å². The van der Waals surface area contributed by atoms with Gasteiger partial charge in [-0.2, -0.15) is 10.1 Å². The summed E-state index contributed by atoms with van der Waals surface area (Å²) in [6, 6.07) is 5.06. The van der Waals surface area contributed by atoms with Gasteiger partial charge in [0, 0.05) is 39.1 Å². The fraction of sp³-hybridized carbons (Fsp3) is 0.368. The molecule has 29 heavy (non-hydrogen) atoms. The third-order valence-corrected chi connectivity index (χ3v) is 6.70. The largest absolute Gasteiger partial charge is 0.332 e. The molecule has 4 rings (SSSR count). The van der Waals surface area contributed by atoms with Crippen molar-refractivity contribution in [2.45, 2.75) is 32.1 Å². The summed E-state index contributed by atoms with van der Waals surface area (Å²) < 4.78 is 32.2. The second-order valence-corrected chi connectivity index (χ2v) is 9.01. The van der Waals surface area contributed by atoms with E-state index in [1.54, 1.807) is 25.1 Å². The zero-order valence-corrected chi connectivity index (χ0v) is 18.8. The highest BCUT2D eigenvalue weighted by Crippen LogP contribution is 2.37. The Hall–Kier alpha value is -1.94. The number of halogens is 4. The molecule has 0 saturated carbocycles. The first kappa shape index (κ1) is 20.3. The Balaban J connectivity index is 1.71. The molecule has 3 heterocycles. The Kier molecular flexibility index (Phi) is 5.18. The Bertz CT molecular complexity index is 1090. The standard InChI is InChI=1S/C19H17Br2F2N5O/c1-10-3-16(28-18(26-10)24-9-25-28)13-6-19(22,23)8-27(7-13)17(29)12-4-14(20)11(2)15(21)5-12/h3-5,9,13H,6-8H2,1-2H3. The lowest BCUT2D eigenvalue weighted by Crippen LogP contribution is -2.49. The minimum Gasteiger partial charge on any atom is -0.332 e. The summed E-state index contributed by atoms with van der Waals surface area (Å²) >= 11 is 6.83. The number of hydrogen-bond acceptors (Lipinski definition) is 4. The van der Waals surface area contributed by atoms with E-state index < -0.39 is 24.3 Å². The SMILES string of the molecule is Cc1cc(C2CN(C(=O)c3cc(Br)c(C)c(Br)c3)CC(F)(F)C2)n2ncnc2n1. The van der Waals surface area contributed by atoms with E-state index in [1.165, 1.54) is 15.7 Å². The number of nitrogens with zero attached hydrogens (tertiary/aromatic N) is 5. The van der Waals surface area contributed by atoms with Crippen molar-refractivity contribution in [1.82, 2.24) is 24.5 Å². The van der Waals surface area contributed by atoms with E-state index in [9.17, 15) is 13.6 Å². The number of carbonyl (C=O) groups is 1. The van der Waals surface area contributed by atoms with Crippen LogP contribution in [-0.2, 0) is 0 Å². The molecular formula is C19H17Br2F2N5O. The van der Waals surface area contributed by atoms with Crippen molar-refractivity contribution >= 4 is 43.5 Å². The van der Waals surface area contributed by atoms with E-state index in [0.717, 1.165) is 14.5 Å². The number of likely N-dealkylation sites (tertiary alicyclic amines) is 1. The van der Waals surface area contributed by atoms with Crippen LogP contribution >= 0.6 is 31.9 Å². The molecule has 0 spiro atoms. The van der Waals surface area contributed by atoms with Gasteiger partial charge in [0.05, 0.1) is 12.2 Å². The summed E-state index contributed by atoms with van der Waals surface area (Å²) in [7, 11) is 0. The first-order valence-corrected chi connectivity index (χ1v) is 10.5. The van der Waals surface area contributed by atoms with Gasteiger partial charge in [-0.3, -0.25) is 4.79 Å². The zero-order valence-electron chi connectivity index (χ0n) is 15.7. The van der Waals surface area contributed by atoms with Gasteiger partial charge in [0.1, 0.15) is 6.33 Å². The van der Waals surface area contributed by atoms with Crippen LogP contribution in [0.5, 0.6) is 0 Å². The summed E-state index contributed by atoms with van der Waals surface area (Å²) in [6.45, 7) is 3.22. The average molecular weight is 529 g/mol. The van der Waals surface area contributed by atoms with E-state index in [0.29, 0.717) is 22.7 Å². The topological polar surface area (TPSA) is 63.4 Å². The van der Waals surface area contributed by atoms with E-state index in [-0.39, 0.29) is 13.0 Å². The van der Waals surface area contributed by atoms with Gasteiger partial charge < -0.3 is 4.90 Å². The van der Waals surface area contributed by atoms with Gasteiger partial charge in [-0.1, -0.05) is 31.9 Å². The number of piperidine rings is 1. The van der Waals surface area contributed by atoms with Gasteiger partial charge in [-0.05, 0) is 37.6 Å². The maximum atomic E-state index is 14.6. The highest BCUT2D eigenvalue weighted by atomic mass is 79.9. The molecule has 1 atom stereocenters. The van der Waals surface area contributed by atoms with Crippen LogP contribution in [0.25, 0.3) is 5.78 Å². The van der Waals surface area contributed by atoms with Gasteiger partial charge in [-0.15, -0.1) is 0 Å². The number of rotatable bonds is 2. The molecule has 152 valence electrons. The minimum atomic E-state index is -3.01. The molecule has 3 aromatic rings. The van der Waals surface area contributed by atoms with E-state index >= 15 is 0 Å². The van der Waals surface area contributed by atoms with E-state index in [2.05, 4.69) is 46.9 Å². The van der Waals surface area contributed by atoms with Gasteiger partial charge in [-0.25, -0.2) is 18.3 Å². The molecule has 2 aromatic heterocycles. The minimum absolute atomic E-state index is 0.163. The third kappa shape index (κ3) is 3.92. The number of benzene rings is 1. The molecule has 1 aliphatic rings. The summed E-state index contributed by atoms with van der Waals surface area (Å²) in [5.74, 6) is -3.68. The molecule has 1 fully saturated rings. The van der Waals surface area contributed by atoms with Crippen LogP contribution in [0.1, 0.15) is 39.6 Å². The second-order valence-electron chi connectivity index (χ2n) is 7.30. The van der Waals surface area contributed by atoms with E-state index in [1.807, 2.05) is 6.92 Å². The molecule has 0 aliphatic carbocycles. The first-order valence-electron chi connectivity index (χ1n) is 8.94. The lowest BCUT2D eigenvalue weighted by Gasteiger charge is -2.37. The Morgan fingerprint density at radius 1 is 1.21 bits per heavy atom. The molecular weight excluding hydrogens is 512 g/mol. The van der Waals surface area contributed by atoms with Gasteiger partial charge >= 0.3 is 0 Å². The smallest absolute Gasteiger partial charge is 0.266 e. The maximum absolute atomic E-state index is 14.6. The molecule has 0 radical (unpaired) electrons. The Labute approximate surface area is 182 Å². The fourth-order valence-corrected chi connectivity index (χ4v) is 4.84. The first-order chi connectivity index (χ1) is 13.6. The Morgan fingerprint density at radius 2 is 1.90 bits per heavy atom. The third-order valence-electron chi connectivity index (χ3n) is 5.05. The lowest BCUT2D eigenvalue weighted by molar-refractivity contribution is -0.0641. The number of amides is 1. The van der Waals surface area contributed by atoms with Crippen LogP contribution < -0.4 is 0 Å². The number of fused-ring (bicyclic) bond motifs is 1.